The third-order valence-corrected chi connectivity index (χ3v) is 6.03. The number of hydrogen-bond acceptors (Lipinski definition) is 6. The zero-order chi connectivity index (χ0) is 21.5. The largest absolute Gasteiger partial charge is 0.325 e. The number of carbonyl (C=O) groups excluding carboxylic acids is 2. The molecule has 0 aliphatic rings. The third kappa shape index (κ3) is 6.40. The highest BCUT2D eigenvalue weighted by atomic mass is 32.2. The molecular weight excluding hydrogens is 416 g/mol. The second-order valence-corrected chi connectivity index (χ2v) is 9.33. The molecule has 1 aromatic heterocycles. The molecular formula is C22H24N4O2S2. The molecule has 0 bridgehead atoms. The fourth-order valence-corrected chi connectivity index (χ4v) is 4.45. The highest BCUT2D eigenvalue weighted by Crippen LogP contribution is 2.25. The van der Waals surface area contributed by atoms with Crippen molar-refractivity contribution in [3.05, 3.63) is 64.7 Å². The summed E-state index contributed by atoms with van der Waals surface area (Å²) >= 11 is 2.71. The molecule has 2 N–H and O–H groups in total. The Morgan fingerprint density at radius 3 is 2.50 bits per heavy atom. The van der Waals surface area contributed by atoms with E-state index in [4.69, 9.17) is 0 Å². The van der Waals surface area contributed by atoms with E-state index in [-0.39, 0.29) is 17.6 Å². The van der Waals surface area contributed by atoms with Crippen LogP contribution in [-0.2, 0) is 11.2 Å². The molecule has 2 amide bonds. The van der Waals surface area contributed by atoms with Gasteiger partial charge < -0.3 is 5.32 Å². The molecule has 30 heavy (non-hydrogen) atoms. The van der Waals surface area contributed by atoms with Crippen LogP contribution in [-0.4, -0.2) is 27.8 Å². The van der Waals surface area contributed by atoms with Crippen LogP contribution >= 0.6 is 23.1 Å². The lowest BCUT2D eigenvalue weighted by atomic mass is 10.1. The Hall–Kier alpha value is -2.71. The van der Waals surface area contributed by atoms with Crippen molar-refractivity contribution in [1.82, 2.24) is 10.2 Å². The number of hydrogen-bond donors (Lipinski definition) is 2. The molecule has 0 radical (unpaired) electrons. The summed E-state index contributed by atoms with van der Waals surface area (Å²) < 4.78 is 0. The summed E-state index contributed by atoms with van der Waals surface area (Å²) in [5.41, 5.74) is 2.39. The van der Waals surface area contributed by atoms with Gasteiger partial charge in [0.1, 0.15) is 5.01 Å². The Morgan fingerprint density at radius 2 is 1.77 bits per heavy atom. The van der Waals surface area contributed by atoms with Crippen molar-refractivity contribution in [2.45, 2.75) is 32.1 Å². The van der Waals surface area contributed by atoms with Crippen LogP contribution in [0, 0.1) is 12.8 Å². The first-order valence-corrected chi connectivity index (χ1v) is 11.4. The van der Waals surface area contributed by atoms with Gasteiger partial charge in [0.25, 0.3) is 5.91 Å². The minimum Gasteiger partial charge on any atom is -0.325 e. The SMILES string of the molecule is Cc1ccc(NC(=O)CSc2ccccc2C(=O)Nc2nnc(CC(C)C)s2)cc1. The monoisotopic (exact) mass is 440 g/mol. The van der Waals surface area contributed by atoms with Crippen molar-refractivity contribution in [3.63, 3.8) is 0 Å². The van der Waals surface area contributed by atoms with Gasteiger partial charge in [0, 0.05) is 17.0 Å². The number of nitrogens with one attached hydrogen (secondary N) is 2. The number of rotatable bonds is 8. The van der Waals surface area contributed by atoms with E-state index in [1.807, 2.05) is 43.3 Å². The van der Waals surface area contributed by atoms with E-state index >= 15 is 0 Å². The van der Waals surface area contributed by atoms with Crippen molar-refractivity contribution in [3.8, 4) is 0 Å². The molecule has 0 aliphatic heterocycles. The number of anilines is 2. The zero-order valence-corrected chi connectivity index (χ0v) is 18.8. The Bertz CT molecular complexity index is 1020. The summed E-state index contributed by atoms with van der Waals surface area (Å²) in [5.74, 6) is 0.297. The van der Waals surface area contributed by atoms with Crippen LogP contribution in [0.4, 0.5) is 10.8 Å². The standard InChI is InChI=1S/C22H24N4O2S2/c1-14(2)12-20-25-26-22(30-20)24-21(28)17-6-4-5-7-18(17)29-13-19(27)23-16-10-8-15(3)9-11-16/h4-11,14H,12-13H2,1-3H3,(H,23,27)(H,24,26,28). The first-order chi connectivity index (χ1) is 14.4. The van der Waals surface area contributed by atoms with Gasteiger partial charge in [0.05, 0.1) is 11.3 Å². The molecule has 0 unspecified atom stereocenters. The first-order valence-electron chi connectivity index (χ1n) is 9.63. The third-order valence-electron chi connectivity index (χ3n) is 4.10. The van der Waals surface area contributed by atoms with Gasteiger partial charge in [-0.05, 0) is 37.1 Å². The molecule has 1 heterocycles. The maximum atomic E-state index is 12.7. The lowest BCUT2D eigenvalue weighted by Crippen LogP contribution is -2.15. The summed E-state index contributed by atoms with van der Waals surface area (Å²) in [7, 11) is 0. The Balaban J connectivity index is 1.60. The van der Waals surface area contributed by atoms with E-state index in [2.05, 4.69) is 34.7 Å². The maximum Gasteiger partial charge on any atom is 0.258 e. The summed E-state index contributed by atoms with van der Waals surface area (Å²) in [6.07, 6.45) is 0.829. The second kappa shape index (κ2) is 10.4. The molecule has 0 spiro atoms. The van der Waals surface area contributed by atoms with E-state index in [9.17, 15) is 9.59 Å². The lowest BCUT2D eigenvalue weighted by Gasteiger charge is -2.09. The quantitative estimate of drug-likeness (QED) is 0.480. The summed E-state index contributed by atoms with van der Waals surface area (Å²) in [4.78, 5) is 25.8. The molecule has 0 saturated heterocycles. The van der Waals surface area contributed by atoms with Gasteiger partial charge in [0.15, 0.2) is 0 Å². The second-order valence-electron chi connectivity index (χ2n) is 7.25. The molecule has 0 fully saturated rings. The van der Waals surface area contributed by atoms with Gasteiger partial charge in [-0.2, -0.15) is 0 Å². The minimum atomic E-state index is -0.260. The number of aryl methyl sites for hydroxylation is 1. The van der Waals surface area contributed by atoms with E-state index in [1.165, 1.54) is 23.1 Å². The van der Waals surface area contributed by atoms with E-state index < -0.39 is 0 Å². The van der Waals surface area contributed by atoms with Crippen molar-refractivity contribution >= 4 is 45.7 Å². The van der Waals surface area contributed by atoms with Gasteiger partial charge >= 0.3 is 0 Å². The lowest BCUT2D eigenvalue weighted by molar-refractivity contribution is -0.113. The summed E-state index contributed by atoms with van der Waals surface area (Å²) in [6, 6.07) is 14.9. The summed E-state index contributed by atoms with van der Waals surface area (Å²) in [6.45, 7) is 6.22. The molecule has 0 atom stereocenters. The van der Waals surface area contributed by atoms with Gasteiger partial charge in [-0.15, -0.1) is 22.0 Å². The zero-order valence-electron chi connectivity index (χ0n) is 17.1. The van der Waals surface area contributed by atoms with Crippen LogP contribution in [0.1, 0.15) is 34.8 Å². The Morgan fingerprint density at radius 1 is 1.03 bits per heavy atom. The van der Waals surface area contributed by atoms with E-state index in [0.29, 0.717) is 16.6 Å². The van der Waals surface area contributed by atoms with Crippen LogP contribution in [0.5, 0.6) is 0 Å². The van der Waals surface area contributed by atoms with Crippen LogP contribution in [0.3, 0.4) is 0 Å². The van der Waals surface area contributed by atoms with Crippen LogP contribution in [0.25, 0.3) is 0 Å². The van der Waals surface area contributed by atoms with E-state index in [0.717, 1.165) is 27.6 Å². The number of benzene rings is 2. The molecule has 3 aromatic rings. The van der Waals surface area contributed by atoms with Crippen molar-refractivity contribution in [2.75, 3.05) is 16.4 Å². The number of aromatic nitrogens is 2. The molecule has 0 saturated carbocycles. The number of thioether (sulfide) groups is 1. The van der Waals surface area contributed by atoms with Crippen molar-refractivity contribution in [2.24, 2.45) is 5.92 Å². The van der Waals surface area contributed by atoms with Crippen LogP contribution in [0.15, 0.2) is 53.4 Å². The maximum absolute atomic E-state index is 12.7. The highest BCUT2D eigenvalue weighted by molar-refractivity contribution is 8.00. The van der Waals surface area contributed by atoms with E-state index in [1.54, 1.807) is 12.1 Å². The first kappa shape index (κ1) is 22.0. The smallest absolute Gasteiger partial charge is 0.258 e. The highest BCUT2D eigenvalue weighted by Gasteiger charge is 2.15. The van der Waals surface area contributed by atoms with Gasteiger partial charge in [-0.3, -0.25) is 14.9 Å². The van der Waals surface area contributed by atoms with Crippen molar-refractivity contribution < 1.29 is 9.59 Å². The number of nitrogens with zero attached hydrogens (tertiary/aromatic N) is 2. The molecule has 2 aromatic carbocycles. The van der Waals surface area contributed by atoms with Crippen LogP contribution < -0.4 is 10.6 Å². The average molecular weight is 441 g/mol. The minimum absolute atomic E-state index is 0.124. The molecule has 8 heteroatoms. The van der Waals surface area contributed by atoms with Gasteiger partial charge in [-0.25, -0.2) is 0 Å². The Kier molecular flexibility index (Phi) is 7.59. The van der Waals surface area contributed by atoms with Crippen LogP contribution in [0.2, 0.25) is 0 Å². The predicted octanol–water partition coefficient (Wildman–Crippen LogP) is 5.03. The van der Waals surface area contributed by atoms with Crippen molar-refractivity contribution in [1.29, 1.82) is 0 Å². The fourth-order valence-electron chi connectivity index (χ4n) is 2.66. The topological polar surface area (TPSA) is 84.0 Å². The summed E-state index contributed by atoms with van der Waals surface area (Å²) in [5, 5.41) is 15.2. The number of carbonyl (C=O) groups is 2. The molecule has 3 rings (SSSR count). The van der Waals surface area contributed by atoms with Gasteiger partial charge in [-0.1, -0.05) is 55.0 Å². The molecule has 156 valence electrons. The number of amides is 2. The average Bonchev–Trinajstić information content (AvgIpc) is 3.14. The normalized spacial score (nSPS) is 10.8. The fraction of sp³-hybridized carbons (Fsp3) is 0.273. The molecule has 6 nitrogen and oxygen atoms in total. The Labute approximate surface area is 184 Å². The predicted molar refractivity (Wildman–Crippen MR) is 123 cm³/mol. The van der Waals surface area contributed by atoms with Gasteiger partial charge in [0.2, 0.25) is 11.0 Å². The molecule has 0 aliphatic carbocycles.